The molecule has 0 saturated heterocycles. The first-order valence-corrected chi connectivity index (χ1v) is 12.2. The lowest BCUT2D eigenvalue weighted by Crippen LogP contribution is -2.51. The molecule has 0 radical (unpaired) electrons. The summed E-state index contributed by atoms with van der Waals surface area (Å²) in [5.41, 5.74) is 4.33. The van der Waals surface area contributed by atoms with Gasteiger partial charge in [-0.05, 0) is 55.7 Å². The normalized spacial score (nSPS) is 14.5. The van der Waals surface area contributed by atoms with E-state index in [0.717, 1.165) is 37.1 Å². The summed E-state index contributed by atoms with van der Waals surface area (Å²) in [4.78, 5) is 26.9. The van der Waals surface area contributed by atoms with Crippen molar-refractivity contribution in [3.63, 3.8) is 0 Å². The van der Waals surface area contributed by atoms with Gasteiger partial charge in [-0.1, -0.05) is 32.1 Å². The first-order valence-electron chi connectivity index (χ1n) is 12.2. The molecule has 0 bridgehead atoms. The van der Waals surface area contributed by atoms with Gasteiger partial charge in [0.15, 0.2) is 0 Å². The number of benzene rings is 2. The smallest absolute Gasteiger partial charge is 0.263 e. The molecule has 35 heavy (non-hydrogen) atoms. The molecule has 0 heterocycles. The van der Waals surface area contributed by atoms with Gasteiger partial charge in [-0.2, -0.15) is 0 Å². The van der Waals surface area contributed by atoms with Crippen LogP contribution in [0.5, 0.6) is 17.2 Å². The third-order valence-corrected chi connectivity index (χ3v) is 6.45. The SMILES string of the molecule is CCN(Nc1ccc(OC)cc1)C(=O)C(CC1CCCCC1)NC(=O)c1cc(OC)cc(OC)c1. The Balaban J connectivity index is 1.80. The summed E-state index contributed by atoms with van der Waals surface area (Å²) in [6.07, 6.45) is 6.30. The molecule has 0 spiro atoms. The molecule has 0 aliphatic heterocycles. The summed E-state index contributed by atoms with van der Waals surface area (Å²) in [7, 11) is 4.69. The number of carbonyl (C=O) groups is 2. The summed E-state index contributed by atoms with van der Waals surface area (Å²) in [6.45, 7) is 2.34. The van der Waals surface area contributed by atoms with Crippen molar-refractivity contribution < 1.29 is 23.8 Å². The van der Waals surface area contributed by atoms with E-state index in [1.807, 2.05) is 31.2 Å². The van der Waals surface area contributed by atoms with Crippen molar-refractivity contribution in [1.82, 2.24) is 10.3 Å². The van der Waals surface area contributed by atoms with Crippen LogP contribution in [0.2, 0.25) is 0 Å². The van der Waals surface area contributed by atoms with Crippen molar-refractivity contribution in [3.05, 3.63) is 48.0 Å². The van der Waals surface area contributed by atoms with Gasteiger partial charge in [0.25, 0.3) is 11.8 Å². The largest absolute Gasteiger partial charge is 0.497 e. The molecule has 1 fully saturated rings. The van der Waals surface area contributed by atoms with E-state index in [4.69, 9.17) is 14.2 Å². The number of hydrogen-bond acceptors (Lipinski definition) is 6. The molecule has 2 N–H and O–H groups in total. The van der Waals surface area contributed by atoms with E-state index in [0.29, 0.717) is 35.9 Å². The molecule has 2 aromatic carbocycles. The van der Waals surface area contributed by atoms with Crippen molar-refractivity contribution in [1.29, 1.82) is 0 Å². The molecule has 3 rings (SSSR count). The maximum absolute atomic E-state index is 13.7. The molecule has 1 atom stereocenters. The van der Waals surface area contributed by atoms with Gasteiger partial charge < -0.3 is 19.5 Å². The predicted molar refractivity (Wildman–Crippen MR) is 136 cm³/mol. The highest BCUT2D eigenvalue weighted by molar-refractivity contribution is 5.98. The Kier molecular flexibility index (Phi) is 9.64. The average Bonchev–Trinajstić information content (AvgIpc) is 2.91. The molecule has 1 aliphatic rings. The van der Waals surface area contributed by atoms with Crippen LogP contribution in [0.25, 0.3) is 0 Å². The Labute approximate surface area is 207 Å². The summed E-state index contributed by atoms with van der Waals surface area (Å²) < 4.78 is 15.8. The molecule has 1 saturated carbocycles. The average molecular weight is 484 g/mol. The number of methoxy groups -OCH3 is 3. The zero-order valence-electron chi connectivity index (χ0n) is 21.1. The number of hydrazine groups is 1. The molecule has 0 aromatic heterocycles. The van der Waals surface area contributed by atoms with Gasteiger partial charge in [0.2, 0.25) is 0 Å². The Morgan fingerprint density at radius 1 is 0.914 bits per heavy atom. The summed E-state index contributed by atoms with van der Waals surface area (Å²) in [6, 6.07) is 11.7. The molecule has 190 valence electrons. The van der Waals surface area contributed by atoms with Crippen LogP contribution in [-0.4, -0.2) is 50.7 Å². The van der Waals surface area contributed by atoms with Gasteiger partial charge in [-0.25, -0.2) is 0 Å². The minimum atomic E-state index is -0.659. The number of rotatable bonds is 11. The maximum atomic E-state index is 13.7. The van der Waals surface area contributed by atoms with Crippen LogP contribution in [0.15, 0.2) is 42.5 Å². The number of anilines is 1. The topological polar surface area (TPSA) is 89.1 Å². The minimum Gasteiger partial charge on any atom is -0.497 e. The van der Waals surface area contributed by atoms with Crippen LogP contribution in [-0.2, 0) is 4.79 Å². The first-order chi connectivity index (χ1) is 17.0. The monoisotopic (exact) mass is 483 g/mol. The van der Waals surface area contributed by atoms with Crippen LogP contribution in [0.4, 0.5) is 5.69 Å². The molecule has 2 aromatic rings. The Hall–Kier alpha value is -3.42. The zero-order chi connectivity index (χ0) is 25.2. The first kappa shape index (κ1) is 26.2. The third-order valence-electron chi connectivity index (χ3n) is 6.45. The van der Waals surface area contributed by atoms with E-state index < -0.39 is 6.04 Å². The van der Waals surface area contributed by atoms with Crippen LogP contribution in [0, 0.1) is 5.92 Å². The lowest BCUT2D eigenvalue weighted by molar-refractivity contribution is -0.132. The van der Waals surface area contributed by atoms with E-state index in [-0.39, 0.29) is 11.8 Å². The summed E-state index contributed by atoms with van der Waals surface area (Å²) in [5, 5.41) is 4.56. The number of amides is 2. The number of ether oxygens (including phenoxy) is 3. The molecule has 8 heteroatoms. The molecular weight excluding hydrogens is 446 g/mol. The van der Waals surface area contributed by atoms with Gasteiger partial charge in [0.1, 0.15) is 23.3 Å². The van der Waals surface area contributed by atoms with Crippen molar-refractivity contribution in [3.8, 4) is 17.2 Å². The summed E-state index contributed by atoms with van der Waals surface area (Å²) in [5.74, 6) is 1.66. The Morgan fingerprint density at radius 3 is 2.06 bits per heavy atom. The molecule has 1 unspecified atom stereocenters. The van der Waals surface area contributed by atoms with Crippen LogP contribution < -0.4 is 25.0 Å². The van der Waals surface area contributed by atoms with Crippen molar-refractivity contribution in [2.24, 2.45) is 5.92 Å². The van der Waals surface area contributed by atoms with Gasteiger partial charge >= 0.3 is 0 Å². The van der Waals surface area contributed by atoms with Gasteiger partial charge in [-0.15, -0.1) is 0 Å². The van der Waals surface area contributed by atoms with Gasteiger partial charge in [-0.3, -0.25) is 20.0 Å². The van der Waals surface area contributed by atoms with Crippen molar-refractivity contribution in [2.75, 3.05) is 33.3 Å². The number of likely N-dealkylation sites (N-methyl/N-ethyl adjacent to an activating group) is 1. The van der Waals surface area contributed by atoms with E-state index >= 15 is 0 Å². The lowest BCUT2D eigenvalue weighted by atomic mass is 9.84. The molecule has 2 amide bonds. The number of nitrogens with zero attached hydrogens (tertiary/aromatic N) is 1. The minimum absolute atomic E-state index is 0.169. The highest BCUT2D eigenvalue weighted by Gasteiger charge is 2.30. The fourth-order valence-electron chi connectivity index (χ4n) is 4.46. The third kappa shape index (κ3) is 7.28. The van der Waals surface area contributed by atoms with E-state index in [1.165, 1.54) is 20.6 Å². The van der Waals surface area contributed by atoms with E-state index in [9.17, 15) is 9.59 Å². The highest BCUT2D eigenvalue weighted by atomic mass is 16.5. The second-order valence-electron chi connectivity index (χ2n) is 8.79. The molecule has 8 nitrogen and oxygen atoms in total. The van der Waals surface area contributed by atoms with Gasteiger partial charge in [0, 0.05) is 18.2 Å². The fraction of sp³-hybridized carbons (Fsp3) is 0.481. The highest BCUT2D eigenvalue weighted by Crippen LogP contribution is 2.28. The number of carbonyl (C=O) groups excluding carboxylic acids is 2. The van der Waals surface area contributed by atoms with Crippen LogP contribution >= 0.6 is 0 Å². The lowest BCUT2D eigenvalue weighted by Gasteiger charge is -2.31. The fourth-order valence-corrected chi connectivity index (χ4v) is 4.46. The molecular formula is C27H37N3O5. The number of nitrogens with one attached hydrogen (secondary N) is 2. The Bertz CT molecular complexity index is 951. The Morgan fingerprint density at radius 2 is 1.51 bits per heavy atom. The predicted octanol–water partition coefficient (Wildman–Crippen LogP) is 4.66. The van der Waals surface area contributed by atoms with Crippen LogP contribution in [0.3, 0.4) is 0 Å². The number of hydrogen-bond donors (Lipinski definition) is 2. The van der Waals surface area contributed by atoms with E-state index in [2.05, 4.69) is 10.7 Å². The second-order valence-corrected chi connectivity index (χ2v) is 8.79. The van der Waals surface area contributed by atoms with Crippen molar-refractivity contribution in [2.45, 2.75) is 51.5 Å². The van der Waals surface area contributed by atoms with Crippen molar-refractivity contribution >= 4 is 17.5 Å². The quantitative estimate of drug-likeness (QED) is 0.452. The van der Waals surface area contributed by atoms with Crippen LogP contribution in [0.1, 0.15) is 55.8 Å². The second kappa shape index (κ2) is 12.9. The zero-order valence-corrected chi connectivity index (χ0v) is 21.1. The summed E-state index contributed by atoms with van der Waals surface area (Å²) >= 11 is 0. The standard InChI is InChI=1S/C27H37N3O5/c1-5-30(29-21-11-13-22(33-2)14-12-21)27(32)25(15-19-9-7-6-8-10-19)28-26(31)20-16-23(34-3)18-24(17-20)35-4/h11-14,16-19,25,29H,5-10,15H2,1-4H3,(H,28,31). The van der Waals surface area contributed by atoms with E-state index in [1.54, 1.807) is 30.3 Å². The van der Waals surface area contributed by atoms with Gasteiger partial charge in [0.05, 0.1) is 27.0 Å². The maximum Gasteiger partial charge on any atom is 0.263 e. The molecule has 1 aliphatic carbocycles.